The van der Waals surface area contributed by atoms with E-state index in [-0.39, 0.29) is 22.3 Å². The Hall–Kier alpha value is -2.69. The fraction of sp³-hybridized carbons (Fsp3) is 0.200. The second kappa shape index (κ2) is 7.86. The molecule has 1 aromatic heterocycles. The van der Waals surface area contributed by atoms with Crippen LogP contribution in [0.2, 0.25) is 0 Å². The van der Waals surface area contributed by atoms with Gasteiger partial charge in [0.15, 0.2) is 5.76 Å². The number of benzene rings is 2. The molecule has 156 valence electrons. The molecule has 4 rings (SSSR count). The van der Waals surface area contributed by atoms with Crippen molar-refractivity contribution >= 4 is 48.7 Å². The molecular formula is C20H18BrN3O5S. The van der Waals surface area contributed by atoms with Gasteiger partial charge in [0, 0.05) is 21.5 Å². The Morgan fingerprint density at radius 3 is 2.47 bits per heavy atom. The first-order chi connectivity index (χ1) is 14.3. The number of amides is 2. The molecule has 1 fully saturated rings. The fourth-order valence-corrected chi connectivity index (χ4v) is 4.72. The monoisotopic (exact) mass is 491 g/mol. The van der Waals surface area contributed by atoms with Crippen LogP contribution in [0.4, 0.5) is 0 Å². The largest absolute Gasteiger partial charge is 0.451 e. The van der Waals surface area contributed by atoms with Gasteiger partial charge in [-0.25, -0.2) is 13.1 Å². The number of aryl methyl sites for hydroxylation is 1. The minimum absolute atomic E-state index is 0.0257. The van der Waals surface area contributed by atoms with Crippen LogP contribution in [0.25, 0.3) is 11.0 Å². The first-order valence-corrected chi connectivity index (χ1v) is 11.4. The van der Waals surface area contributed by atoms with Gasteiger partial charge in [0.1, 0.15) is 5.58 Å². The Morgan fingerprint density at radius 1 is 1.07 bits per heavy atom. The number of hydrazine groups is 1. The van der Waals surface area contributed by atoms with Crippen molar-refractivity contribution in [2.45, 2.75) is 30.7 Å². The van der Waals surface area contributed by atoms with Gasteiger partial charge in [-0.15, -0.1) is 0 Å². The van der Waals surface area contributed by atoms with Crippen LogP contribution >= 0.6 is 15.9 Å². The molecule has 1 saturated carbocycles. The SMILES string of the molecule is Cc1c(C(=O)NNC(=O)c2cc(S(=O)(=O)NC3CC3)ccc2Br)oc2ccccc12. The first kappa shape index (κ1) is 20.6. The molecule has 2 amide bonds. The maximum absolute atomic E-state index is 12.6. The summed E-state index contributed by atoms with van der Waals surface area (Å²) in [5, 5.41) is 0.804. The second-order valence-corrected chi connectivity index (χ2v) is 9.57. The Kier molecular flexibility index (Phi) is 5.39. The summed E-state index contributed by atoms with van der Waals surface area (Å²) in [6, 6.07) is 11.3. The number of sulfonamides is 1. The summed E-state index contributed by atoms with van der Waals surface area (Å²) in [5.74, 6) is -1.21. The number of carbonyl (C=O) groups excluding carboxylic acids is 2. The van der Waals surface area contributed by atoms with Crippen LogP contribution in [0.1, 0.15) is 39.3 Å². The molecule has 3 N–H and O–H groups in total. The van der Waals surface area contributed by atoms with Crippen LogP contribution in [0.15, 0.2) is 56.2 Å². The summed E-state index contributed by atoms with van der Waals surface area (Å²) in [6.07, 6.45) is 1.60. The standard InChI is InChI=1S/C20H18BrN3O5S/c1-11-14-4-2-3-5-17(14)29-18(11)20(26)23-22-19(25)15-10-13(8-9-16(15)21)30(27,28)24-12-6-7-12/h2-5,8-10,12,24H,6-7H2,1H3,(H,22,25)(H,23,26). The number of rotatable bonds is 5. The molecule has 0 bridgehead atoms. The van der Waals surface area contributed by atoms with E-state index in [1.165, 1.54) is 18.2 Å². The molecule has 8 nitrogen and oxygen atoms in total. The Bertz CT molecular complexity index is 1260. The van der Waals surface area contributed by atoms with Gasteiger partial charge in [-0.1, -0.05) is 18.2 Å². The van der Waals surface area contributed by atoms with Crippen molar-refractivity contribution in [3.63, 3.8) is 0 Å². The third-order valence-electron chi connectivity index (χ3n) is 4.73. The lowest BCUT2D eigenvalue weighted by Gasteiger charge is -2.10. The predicted molar refractivity (Wildman–Crippen MR) is 113 cm³/mol. The summed E-state index contributed by atoms with van der Waals surface area (Å²) < 4.78 is 33.3. The van der Waals surface area contributed by atoms with Gasteiger partial charge in [-0.3, -0.25) is 20.4 Å². The number of fused-ring (bicyclic) bond motifs is 1. The molecule has 3 aromatic rings. The van der Waals surface area contributed by atoms with Crippen LogP contribution in [-0.4, -0.2) is 26.3 Å². The number of carbonyl (C=O) groups is 2. The highest BCUT2D eigenvalue weighted by Crippen LogP contribution is 2.26. The number of hydrogen-bond donors (Lipinski definition) is 3. The molecule has 10 heteroatoms. The van der Waals surface area contributed by atoms with E-state index in [0.717, 1.165) is 18.2 Å². The molecule has 0 radical (unpaired) electrons. The Labute approximate surface area is 181 Å². The van der Waals surface area contributed by atoms with Crippen molar-refractivity contribution in [3.8, 4) is 0 Å². The zero-order valence-corrected chi connectivity index (χ0v) is 18.3. The molecule has 1 aliphatic carbocycles. The van der Waals surface area contributed by atoms with Crippen LogP contribution in [-0.2, 0) is 10.0 Å². The van der Waals surface area contributed by atoms with E-state index in [1.807, 2.05) is 12.1 Å². The summed E-state index contributed by atoms with van der Waals surface area (Å²) in [4.78, 5) is 25.0. The van der Waals surface area contributed by atoms with Crippen molar-refractivity contribution in [1.82, 2.24) is 15.6 Å². The highest BCUT2D eigenvalue weighted by Gasteiger charge is 2.28. The lowest BCUT2D eigenvalue weighted by molar-refractivity contribution is 0.0831. The van der Waals surface area contributed by atoms with Gasteiger partial charge < -0.3 is 4.42 Å². The zero-order chi connectivity index (χ0) is 21.5. The van der Waals surface area contributed by atoms with E-state index in [0.29, 0.717) is 15.6 Å². The van der Waals surface area contributed by atoms with Crippen molar-refractivity contribution in [2.24, 2.45) is 0 Å². The maximum atomic E-state index is 12.6. The summed E-state index contributed by atoms with van der Waals surface area (Å²) in [5.41, 5.74) is 5.89. The van der Waals surface area contributed by atoms with E-state index < -0.39 is 21.8 Å². The molecule has 0 spiro atoms. The minimum Gasteiger partial charge on any atom is -0.451 e. The Morgan fingerprint density at radius 2 is 1.77 bits per heavy atom. The quantitative estimate of drug-likeness (QED) is 0.474. The molecule has 1 heterocycles. The average Bonchev–Trinajstić information content (AvgIpc) is 3.46. The first-order valence-electron chi connectivity index (χ1n) is 9.17. The predicted octanol–water partition coefficient (Wildman–Crippen LogP) is 3.02. The van der Waals surface area contributed by atoms with Crippen molar-refractivity contribution in [1.29, 1.82) is 0 Å². The lowest BCUT2D eigenvalue weighted by atomic mass is 10.1. The van der Waals surface area contributed by atoms with Crippen LogP contribution in [0.3, 0.4) is 0 Å². The topological polar surface area (TPSA) is 118 Å². The summed E-state index contributed by atoms with van der Waals surface area (Å²) in [6.45, 7) is 1.75. The molecule has 1 aliphatic rings. The number of para-hydroxylation sites is 1. The van der Waals surface area contributed by atoms with Crippen LogP contribution in [0, 0.1) is 6.92 Å². The third kappa shape index (κ3) is 4.11. The normalized spacial score (nSPS) is 13.9. The minimum atomic E-state index is -3.72. The van der Waals surface area contributed by atoms with E-state index >= 15 is 0 Å². The number of nitrogens with one attached hydrogen (secondary N) is 3. The molecule has 0 atom stereocenters. The van der Waals surface area contributed by atoms with Gasteiger partial charge in [0.05, 0.1) is 10.5 Å². The molecular weight excluding hydrogens is 474 g/mol. The average molecular weight is 492 g/mol. The van der Waals surface area contributed by atoms with Gasteiger partial charge >= 0.3 is 5.91 Å². The number of furan rings is 1. The number of hydrogen-bond acceptors (Lipinski definition) is 5. The molecule has 0 unspecified atom stereocenters. The fourth-order valence-electron chi connectivity index (χ4n) is 2.96. The van der Waals surface area contributed by atoms with E-state index in [2.05, 4.69) is 31.5 Å². The van der Waals surface area contributed by atoms with Gasteiger partial charge in [-0.2, -0.15) is 0 Å². The Balaban J connectivity index is 1.50. The smallest absolute Gasteiger partial charge is 0.305 e. The van der Waals surface area contributed by atoms with Crippen LogP contribution in [0.5, 0.6) is 0 Å². The van der Waals surface area contributed by atoms with Crippen molar-refractivity contribution in [3.05, 3.63) is 63.8 Å². The third-order valence-corrected chi connectivity index (χ3v) is 6.94. The van der Waals surface area contributed by atoms with Gasteiger partial charge in [0.2, 0.25) is 10.0 Å². The lowest BCUT2D eigenvalue weighted by Crippen LogP contribution is -2.42. The summed E-state index contributed by atoms with van der Waals surface area (Å²) >= 11 is 3.24. The molecule has 30 heavy (non-hydrogen) atoms. The van der Waals surface area contributed by atoms with Crippen molar-refractivity contribution < 1.29 is 22.4 Å². The van der Waals surface area contributed by atoms with Crippen molar-refractivity contribution in [2.75, 3.05) is 0 Å². The summed E-state index contributed by atoms with van der Waals surface area (Å²) in [7, 11) is -3.72. The molecule has 0 aliphatic heterocycles. The molecule has 2 aromatic carbocycles. The molecule has 0 saturated heterocycles. The van der Waals surface area contributed by atoms with E-state index in [4.69, 9.17) is 4.42 Å². The van der Waals surface area contributed by atoms with E-state index in [1.54, 1.807) is 19.1 Å². The highest BCUT2D eigenvalue weighted by molar-refractivity contribution is 9.10. The van der Waals surface area contributed by atoms with Gasteiger partial charge in [0.25, 0.3) is 5.91 Å². The maximum Gasteiger partial charge on any atom is 0.305 e. The number of halogens is 1. The second-order valence-electron chi connectivity index (χ2n) is 7.00. The van der Waals surface area contributed by atoms with E-state index in [9.17, 15) is 18.0 Å². The van der Waals surface area contributed by atoms with Gasteiger partial charge in [-0.05, 0) is 60.0 Å². The van der Waals surface area contributed by atoms with Crippen LogP contribution < -0.4 is 15.6 Å². The zero-order valence-electron chi connectivity index (χ0n) is 15.9. The highest BCUT2D eigenvalue weighted by atomic mass is 79.9.